The van der Waals surface area contributed by atoms with Crippen LogP contribution in [0.2, 0.25) is 0 Å². The van der Waals surface area contributed by atoms with Gasteiger partial charge in [-0.2, -0.15) is 0 Å². The van der Waals surface area contributed by atoms with Gasteiger partial charge in [-0.1, -0.05) is 32.1 Å². The Kier molecular flexibility index (Phi) is 5.98. The van der Waals surface area contributed by atoms with E-state index in [1.54, 1.807) is 18.2 Å². The molecule has 0 aliphatic heterocycles. The van der Waals surface area contributed by atoms with Crippen LogP contribution >= 0.6 is 0 Å². The van der Waals surface area contributed by atoms with E-state index in [1.165, 1.54) is 24.3 Å². The SMILES string of the molecule is C=CCNC(=O)c1ccc(S(=O)(=O)Nc2ccc(C(C)C)cc2)cc1. The molecule has 6 heteroatoms. The molecule has 0 radical (unpaired) electrons. The Morgan fingerprint density at radius 2 is 1.68 bits per heavy atom. The molecule has 2 aromatic rings. The van der Waals surface area contributed by atoms with Crippen molar-refractivity contribution in [2.24, 2.45) is 0 Å². The van der Waals surface area contributed by atoms with Crippen LogP contribution in [0, 0.1) is 0 Å². The third-order valence-corrected chi connectivity index (χ3v) is 5.06. The highest BCUT2D eigenvalue weighted by atomic mass is 32.2. The van der Waals surface area contributed by atoms with Crippen molar-refractivity contribution in [1.29, 1.82) is 0 Å². The van der Waals surface area contributed by atoms with Crippen molar-refractivity contribution in [1.82, 2.24) is 5.32 Å². The quantitative estimate of drug-likeness (QED) is 0.744. The Hall–Kier alpha value is -2.60. The predicted octanol–water partition coefficient (Wildman–Crippen LogP) is 3.53. The topological polar surface area (TPSA) is 75.3 Å². The highest BCUT2D eigenvalue weighted by Gasteiger charge is 2.15. The number of benzene rings is 2. The van der Waals surface area contributed by atoms with Crippen LogP contribution in [0.1, 0.15) is 35.7 Å². The molecule has 0 aliphatic carbocycles. The predicted molar refractivity (Wildman–Crippen MR) is 100 cm³/mol. The molecular weight excluding hydrogens is 336 g/mol. The number of hydrogen-bond donors (Lipinski definition) is 2. The summed E-state index contributed by atoms with van der Waals surface area (Å²) >= 11 is 0. The van der Waals surface area contributed by atoms with Crippen molar-refractivity contribution in [2.75, 3.05) is 11.3 Å². The number of amides is 1. The lowest BCUT2D eigenvalue weighted by Gasteiger charge is -2.10. The smallest absolute Gasteiger partial charge is 0.261 e. The Balaban J connectivity index is 2.13. The zero-order valence-electron chi connectivity index (χ0n) is 14.3. The summed E-state index contributed by atoms with van der Waals surface area (Å²) in [5.74, 6) is 0.103. The Bertz CT molecular complexity index is 839. The van der Waals surface area contributed by atoms with Crippen LogP contribution in [0.15, 0.2) is 66.1 Å². The maximum atomic E-state index is 12.4. The molecule has 0 aromatic heterocycles. The van der Waals surface area contributed by atoms with Crippen LogP contribution < -0.4 is 10.0 Å². The number of hydrogen-bond acceptors (Lipinski definition) is 3. The van der Waals surface area contributed by atoms with Gasteiger partial charge in [0.15, 0.2) is 0 Å². The minimum Gasteiger partial charge on any atom is -0.349 e. The van der Waals surface area contributed by atoms with E-state index in [2.05, 4.69) is 30.5 Å². The van der Waals surface area contributed by atoms with Gasteiger partial charge in [0.1, 0.15) is 0 Å². The van der Waals surface area contributed by atoms with Crippen LogP contribution in [0.5, 0.6) is 0 Å². The first-order chi connectivity index (χ1) is 11.8. The van der Waals surface area contributed by atoms with Gasteiger partial charge in [-0.15, -0.1) is 6.58 Å². The Morgan fingerprint density at radius 3 is 2.20 bits per heavy atom. The van der Waals surface area contributed by atoms with Crippen molar-refractivity contribution in [3.8, 4) is 0 Å². The van der Waals surface area contributed by atoms with Gasteiger partial charge in [0.25, 0.3) is 15.9 Å². The van der Waals surface area contributed by atoms with Crippen molar-refractivity contribution in [2.45, 2.75) is 24.7 Å². The lowest BCUT2D eigenvalue weighted by Crippen LogP contribution is -2.23. The molecule has 2 N–H and O–H groups in total. The molecule has 2 rings (SSSR count). The summed E-state index contributed by atoms with van der Waals surface area (Å²) in [4.78, 5) is 11.9. The third-order valence-electron chi connectivity index (χ3n) is 3.66. The minimum absolute atomic E-state index is 0.0979. The molecule has 0 bridgehead atoms. The molecule has 0 atom stereocenters. The van der Waals surface area contributed by atoms with Gasteiger partial charge in [0.05, 0.1) is 4.90 Å². The van der Waals surface area contributed by atoms with E-state index >= 15 is 0 Å². The number of carbonyl (C=O) groups is 1. The van der Waals surface area contributed by atoms with Crippen LogP contribution in [-0.4, -0.2) is 20.9 Å². The highest BCUT2D eigenvalue weighted by molar-refractivity contribution is 7.92. The lowest BCUT2D eigenvalue weighted by molar-refractivity contribution is 0.0958. The first-order valence-corrected chi connectivity index (χ1v) is 9.44. The molecule has 0 saturated heterocycles. The molecule has 0 heterocycles. The van der Waals surface area contributed by atoms with Gasteiger partial charge in [0, 0.05) is 17.8 Å². The summed E-state index contributed by atoms with van der Waals surface area (Å²) in [6.07, 6.45) is 1.57. The van der Waals surface area contributed by atoms with Crippen molar-refractivity contribution < 1.29 is 13.2 Å². The van der Waals surface area contributed by atoms with Gasteiger partial charge in [0.2, 0.25) is 0 Å². The zero-order chi connectivity index (χ0) is 18.4. The maximum Gasteiger partial charge on any atom is 0.261 e. The molecular formula is C19H22N2O3S. The van der Waals surface area contributed by atoms with E-state index in [-0.39, 0.29) is 10.8 Å². The molecule has 0 saturated carbocycles. The maximum absolute atomic E-state index is 12.4. The normalized spacial score (nSPS) is 11.2. The Labute approximate surface area is 148 Å². The number of anilines is 1. The fourth-order valence-corrected chi connectivity index (χ4v) is 3.26. The van der Waals surface area contributed by atoms with E-state index in [0.717, 1.165) is 5.56 Å². The van der Waals surface area contributed by atoms with Gasteiger partial charge in [-0.05, 0) is 47.9 Å². The average molecular weight is 358 g/mol. The summed E-state index contributed by atoms with van der Waals surface area (Å²) in [5.41, 5.74) is 2.03. The van der Waals surface area contributed by atoms with Crippen molar-refractivity contribution in [3.63, 3.8) is 0 Å². The van der Waals surface area contributed by atoms with E-state index in [1.807, 2.05) is 12.1 Å². The number of nitrogens with one attached hydrogen (secondary N) is 2. The minimum atomic E-state index is -3.70. The fraction of sp³-hybridized carbons (Fsp3) is 0.211. The van der Waals surface area contributed by atoms with Crippen LogP contribution in [0.3, 0.4) is 0 Å². The highest BCUT2D eigenvalue weighted by Crippen LogP contribution is 2.20. The first-order valence-electron chi connectivity index (χ1n) is 7.95. The molecule has 0 fully saturated rings. The second-order valence-corrected chi connectivity index (χ2v) is 7.59. The number of rotatable bonds is 7. The summed E-state index contributed by atoms with van der Waals surface area (Å²) in [5, 5.41) is 2.64. The van der Waals surface area contributed by atoms with Gasteiger partial charge in [-0.25, -0.2) is 8.42 Å². The van der Waals surface area contributed by atoms with E-state index < -0.39 is 10.0 Å². The number of sulfonamides is 1. The van der Waals surface area contributed by atoms with E-state index in [4.69, 9.17) is 0 Å². The molecule has 2 aromatic carbocycles. The van der Waals surface area contributed by atoms with E-state index in [0.29, 0.717) is 23.7 Å². The second kappa shape index (κ2) is 7.98. The molecule has 0 unspecified atom stereocenters. The first kappa shape index (κ1) is 18.7. The molecule has 0 aliphatic rings. The van der Waals surface area contributed by atoms with E-state index in [9.17, 15) is 13.2 Å². The fourth-order valence-electron chi connectivity index (χ4n) is 2.20. The summed E-state index contributed by atoms with van der Waals surface area (Å²) < 4.78 is 27.4. The van der Waals surface area contributed by atoms with Crippen LogP contribution in [0.25, 0.3) is 0 Å². The molecule has 5 nitrogen and oxygen atoms in total. The molecule has 0 spiro atoms. The van der Waals surface area contributed by atoms with Crippen LogP contribution in [0.4, 0.5) is 5.69 Å². The average Bonchev–Trinajstić information content (AvgIpc) is 2.60. The largest absolute Gasteiger partial charge is 0.349 e. The molecule has 25 heavy (non-hydrogen) atoms. The molecule has 1 amide bonds. The van der Waals surface area contributed by atoms with Crippen LogP contribution in [-0.2, 0) is 10.0 Å². The standard InChI is InChI=1S/C19H22N2O3S/c1-4-13-20-19(22)16-7-11-18(12-8-16)25(23,24)21-17-9-5-15(6-10-17)14(2)3/h4-12,14,21H,1,13H2,2-3H3,(H,20,22). The summed E-state index contributed by atoms with van der Waals surface area (Å²) in [7, 11) is -3.70. The summed E-state index contributed by atoms with van der Waals surface area (Å²) in [6.45, 7) is 8.03. The van der Waals surface area contributed by atoms with Crippen molar-refractivity contribution >= 4 is 21.6 Å². The monoisotopic (exact) mass is 358 g/mol. The van der Waals surface area contributed by atoms with Gasteiger partial charge >= 0.3 is 0 Å². The molecule has 132 valence electrons. The van der Waals surface area contributed by atoms with Crippen molar-refractivity contribution in [3.05, 3.63) is 72.3 Å². The van der Waals surface area contributed by atoms with Gasteiger partial charge < -0.3 is 5.32 Å². The Morgan fingerprint density at radius 1 is 1.08 bits per heavy atom. The second-order valence-electron chi connectivity index (χ2n) is 5.91. The summed E-state index contributed by atoms with van der Waals surface area (Å²) in [6, 6.07) is 13.1. The zero-order valence-corrected chi connectivity index (χ0v) is 15.1. The lowest BCUT2D eigenvalue weighted by atomic mass is 10.0. The number of carbonyl (C=O) groups excluding carboxylic acids is 1. The van der Waals surface area contributed by atoms with Gasteiger partial charge in [-0.3, -0.25) is 9.52 Å². The third kappa shape index (κ3) is 4.93.